The Hall–Kier alpha value is -1.64. The molecule has 1 aliphatic rings. The quantitative estimate of drug-likeness (QED) is 0.519. The molecule has 8 heteroatoms. The lowest BCUT2D eigenvalue weighted by Crippen LogP contribution is -2.52. The Morgan fingerprint density at radius 3 is 2.43 bits per heavy atom. The van der Waals surface area contributed by atoms with Gasteiger partial charge < -0.3 is 10.2 Å². The van der Waals surface area contributed by atoms with E-state index in [4.69, 9.17) is 0 Å². The highest BCUT2D eigenvalue weighted by molar-refractivity contribution is 7.89. The maximum absolute atomic E-state index is 12.3. The van der Waals surface area contributed by atoms with Gasteiger partial charge in [-0.05, 0) is 12.5 Å². The van der Waals surface area contributed by atoms with Gasteiger partial charge in [0, 0.05) is 59.4 Å². The Morgan fingerprint density at radius 2 is 1.86 bits per heavy atom. The summed E-state index contributed by atoms with van der Waals surface area (Å²) >= 11 is 0. The van der Waals surface area contributed by atoms with E-state index in [1.165, 1.54) is 15.4 Å². The minimum absolute atomic E-state index is 0.0843. The number of benzene rings is 1. The second-order valence-corrected chi connectivity index (χ2v) is 9.22. The Kier molecular flexibility index (Phi) is 8.72. The molecular weight excluding hydrogens is 374 g/mol. The first-order chi connectivity index (χ1) is 13.4. The first-order valence-electron chi connectivity index (χ1n) is 10.1. The van der Waals surface area contributed by atoms with Gasteiger partial charge in [-0.25, -0.2) is 12.7 Å². The van der Waals surface area contributed by atoms with Crippen LogP contribution in [0.4, 0.5) is 0 Å². The number of guanidine groups is 1. The number of piperazine rings is 1. The summed E-state index contributed by atoms with van der Waals surface area (Å²) in [6.07, 6.45) is 0. The van der Waals surface area contributed by atoms with Crippen LogP contribution in [-0.4, -0.2) is 87.1 Å². The molecule has 1 fully saturated rings. The summed E-state index contributed by atoms with van der Waals surface area (Å²) < 4.78 is 26.1. The van der Waals surface area contributed by atoms with Crippen molar-refractivity contribution in [3.05, 3.63) is 35.4 Å². The highest BCUT2D eigenvalue weighted by Gasteiger charge is 2.21. The summed E-state index contributed by atoms with van der Waals surface area (Å²) in [5.41, 5.74) is 2.64. The zero-order chi connectivity index (χ0) is 20.6. The lowest BCUT2D eigenvalue weighted by atomic mass is 10.1. The Balaban J connectivity index is 1.80. The SMILES string of the molecule is CCN(CC)S(=O)(=O)CCNC(=NC)N1CCN(Cc2cccc(C)c2)CC1. The first kappa shape index (κ1) is 22.6. The number of hydrogen-bond acceptors (Lipinski definition) is 4. The average molecular weight is 410 g/mol. The topological polar surface area (TPSA) is 68.2 Å². The van der Waals surface area contributed by atoms with E-state index in [0.29, 0.717) is 19.6 Å². The molecule has 7 nitrogen and oxygen atoms in total. The first-order valence-corrected chi connectivity index (χ1v) is 11.7. The van der Waals surface area contributed by atoms with Gasteiger partial charge in [0.15, 0.2) is 5.96 Å². The summed E-state index contributed by atoms with van der Waals surface area (Å²) in [7, 11) is -1.46. The molecule has 28 heavy (non-hydrogen) atoms. The van der Waals surface area contributed by atoms with Crippen LogP contribution >= 0.6 is 0 Å². The highest BCUT2D eigenvalue weighted by atomic mass is 32.2. The number of hydrogen-bond donors (Lipinski definition) is 1. The van der Waals surface area contributed by atoms with E-state index in [-0.39, 0.29) is 5.75 Å². The molecule has 0 radical (unpaired) electrons. The van der Waals surface area contributed by atoms with Crippen LogP contribution in [0.3, 0.4) is 0 Å². The van der Waals surface area contributed by atoms with Crippen molar-refractivity contribution in [1.29, 1.82) is 0 Å². The molecular formula is C20H35N5O2S. The molecule has 0 atom stereocenters. The molecule has 0 aliphatic carbocycles. The van der Waals surface area contributed by atoms with Crippen LogP contribution in [0.1, 0.15) is 25.0 Å². The maximum atomic E-state index is 12.3. The van der Waals surface area contributed by atoms with Gasteiger partial charge in [0.05, 0.1) is 5.75 Å². The lowest BCUT2D eigenvalue weighted by Gasteiger charge is -2.36. The zero-order valence-electron chi connectivity index (χ0n) is 17.7. The molecule has 158 valence electrons. The van der Waals surface area contributed by atoms with Crippen molar-refractivity contribution in [2.24, 2.45) is 4.99 Å². The molecule has 1 heterocycles. The summed E-state index contributed by atoms with van der Waals surface area (Å²) in [4.78, 5) is 8.99. The minimum atomic E-state index is -3.21. The molecule has 0 aromatic heterocycles. The third-order valence-corrected chi connectivity index (χ3v) is 7.14. The van der Waals surface area contributed by atoms with Gasteiger partial charge in [-0.1, -0.05) is 43.7 Å². The molecule has 2 rings (SSSR count). The maximum Gasteiger partial charge on any atom is 0.215 e. The van der Waals surface area contributed by atoms with Gasteiger partial charge in [0.1, 0.15) is 0 Å². The number of nitrogens with one attached hydrogen (secondary N) is 1. The zero-order valence-corrected chi connectivity index (χ0v) is 18.5. The van der Waals surface area contributed by atoms with Crippen molar-refractivity contribution >= 4 is 16.0 Å². The summed E-state index contributed by atoms with van der Waals surface area (Å²) in [5, 5.41) is 3.22. The second kappa shape index (κ2) is 10.8. The van der Waals surface area contributed by atoms with E-state index in [0.717, 1.165) is 38.7 Å². The molecule has 1 saturated heterocycles. The van der Waals surface area contributed by atoms with Crippen molar-refractivity contribution < 1.29 is 8.42 Å². The van der Waals surface area contributed by atoms with E-state index in [9.17, 15) is 8.42 Å². The Labute approximate surface area is 170 Å². The Morgan fingerprint density at radius 1 is 1.18 bits per heavy atom. The number of nitrogens with zero attached hydrogens (tertiary/aromatic N) is 4. The van der Waals surface area contributed by atoms with Crippen LogP contribution < -0.4 is 5.32 Å². The normalized spacial score (nSPS) is 16.6. The smallest absolute Gasteiger partial charge is 0.215 e. The van der Waals surface area contributed by atoms with E-state index >= 15 is 0 Å². The molecule has 0 spiro atoms. The van der Waals surface area contributed by atoms with Crippen LogP contribution in [-0.2, 0) is 16.6 Å². The number of rotatable bonds is 8. The van der Waals surface area contributed by atoms with E-state index in [2.05, 4.69) is 51.3 Å². The van der Waals surface area contributed by atoms with Crippen LogP contribution in [0.25, 0.3) is 0 Å². The number of sulfonamides is 1. The molecule has 1 aliphatic heterocycles. The Bertz CT molecular complexity index is 739. The van der Waals surface area contributed by atoms with Crippen molar-refractivity contribution in [2.75, 3.05) is 58.6 Å². The second-order valence-electron chi connectivity index (χ2n) is 7.13. The standard InChI is InChI=1S/C20H35N5O2S/c1-5-25(6-2)28(26,27)15-10-22-20(21-4)24-13-11-23(12-14-24)17-19-9-7-8-18(3)16-19/h7-9,16H,5-6,10-15,17H2,1-4H3,(H,21,22). The predicted molar refractivity (Wildman–Crippen MR) is 116 cm³/mol. The molecule has 0 amide bonds. The fourth-order valence-corrected chi connectivity index (χ4v) is 4.96. The summed E-state index contributed by atoms with van der Waals surface area (Å²) in [6, 6.07) is 8.65. The molecule has 1 N–H and O–H groups in total. The van der Waals surface area contributed by atoms with Crippen molar-refractivity contribution in [3.8, 4) is 0 Å². The minimum Gasteiger partial charge on any atom is -0.355 e. The van der Waals surface area contributed by atoms with Gasteiger partial charge in [0.25, 0.3) is 0 Å². The summed E-state index contributed by atoms with van der Waals surface area (Å²) in [5.74, 6) is 0.867. The van der Waals surface area contributed by atoms with Gasteiger partial charge in [-0.2, -0.15) is 0 Å². The van der Waals surface area contributed by atoms with Gasteiger partial charge in [-0.3, -0.25) is 9.89 Å². The third kappa shape index (κ3) is 6.46. The summed E-state index contributed by atoms with van der Waals surface area (Å²) in [6.45, 7) is 11.9. The fraction of sp³-hybridized carbons (Fsp3) is 0.650. The molecule has 0 unspecified atom stereocenters. The predicted octanol–water partition coefficient (Wildman–Crippen LogP) is 1.36. The highest BCUT2D eigenvalue weighted by Crippen LogP contribution is 2.10. The van der Waals surface area contributed by atoms with Crippen molar-refractivity contribution in [2.45, 2.75) is 27.3 Å². The molecule has 0 saturated carbocycles. The van der Waals surface area contributed by atoms with Crippen LogP contribution in [0, 0.1) is 6.92 Å². The van der Waals surface area contributed by atoms with Gasteiger partial charge in [-0.15, -0.1) is 0 Å². The average Bonchev–Trinajstić information content (AvgIpc) is 2.67. The van der Waals surface area contributed by atoms with Crippen LogP contribution in [0.5, 0.6) is 0 Å². The van der Waals surface area contributed by atoms with Crippen LogP contribution in [0.15, 0.2) is 29.3 Å². The van der Waals surface area contributed by atoms with E-state index in [1.807, 2.05) is 13.8 Å². The van der Waals surface area contributed by atoms with Gasteiger partial charge >= 0.3 is 0 Å². The molecule has 0 bridgehead atoms. The van der Waals surface area contributed by atoms with Crippen LogP contribution in [0.2, 0.25) is 0 Å². The molecule has 1 aromatic rings. The molecule has 1 aromatic carbocycles. The van der Waals surface area contributed by atoms with E-state index in [1.54, 1.807) is 7.05 Å². The van der Waals surface area contributed by atoms with Crippen molar-refractivity contribution in [3.63, 3.8) is 0 Å². The number of aliphatic imine (C=N–C) groups is 1. The lowest BCUT2D eigenvalue weighted by molar-refractivity contribution is 0.172. The largest absolute Gasteiger partial charge is 0.355 e. The third-order valence-electron chi connectivity index (χ3n) is 5.11. The van der Waals surface area contributed by atoms with E-state index < -0.39 is 10.0 Å². The number of aryl methyl sites for hydroxylation is 1. The monoisotopic (exact) mass is 409 g/mol. The van der Waals surface area contributed by atoms with Gasteiger partial charge in [0.2, 0.25) is 10.0 Å². The fourth-order valence-electron chi connectivity index (χ4n) is 3.56. The van der Waals surface area contributed by atoms with Crippen molar-refractivity contribution in [1.82, 2.24) is 19.4 Å².